The topological polar surface area (TPSA) is 18.5 Å². The van der Waals surface area contributed by atoms with Crippen LogP contribution in [0.15, 0.2) is 53.0 Å². The van der Waals surface area contributed by atoms with Crippen molar-refractivity contribution in [1.82, 2.24) is 0 Å². The van der Waals surface area contributed by atoms with Gasteiger partial charge in [0.1, 0.15) is 24.7 Å². The summed E-state index contributed by atoms with van der Waals surface area (Å²) in [5, 5.41) is 0. The minimum absolute atomic E-state index is 0.535. The van der Waals surface area contributed by atoms with Gasteiger partial charge in [-0.05, 0) is 42.3 Å². The maximum atomic E-state index is 5.66. The van der Waals surface area contributed by atoms with Crippen molar-refractivity contribution in [3.05, 3.63) is 58.6 Å². The number of ether oxygens (including phenoxy) is 2. The summed E-state index contributed by atoms with van der Waals surface area (Å²) in [6, 6.07) is 16.0. The van der Waals surface area contributed by atoms with E-state index in [1.165, 1.54) is 5.56 Å². The summed E-state index contributed by atoms with van der Waals surface area (Å²) in [6.45, 7) is 3.21. The molecule has 2 rings (SSSR count). The predicted molar refractivity (Wildman–Crippen MR) is 81.0 cm³/mol. The second-order valence-corrected chi connectivity index (χ2v) is 5.07. The number of benzene rings is 2. The molecule has 3 heteroatoms. The lowest BCUT2D eigenvalue weighted by molar-refractivity contribution is 0.217. The third-order valence-corrected chi connectivity index (χ3v) is 3.22. The summed E-state index contributed by atoms with van der Waals surface area (Å²) in [5.74, 6) is 1.75. The molecule has 2 aromatic rings. The van der Waals surface area contributed by atoms with E-state index in [9.17, 15) is 0 Å². The van der Waals surface area contributed by atoms with Gasteiger partial charge in [-0.3, -0.25) is 0 Å². The molecule has 0 radical (unpaired) electrons. The molecule has 0 aliphatic rings. The molecular formula is C16H17BrO2. The van der Waals surface area contributed by atoms with Gasteiger partial charge in [-0.25, -0.2) is 0 Å². The van der Waals surface area contributed by atoms with Crippen LogP contribution in [0.2, 0.25) is 0 Å². The van der Waals surface area contributed by atoms with E-state index < -0.39 is 0 Å². The van der Waals surface area contributed by atoms with Gasteiger partial charge in [-0.15, -0.1) is 0 Å². The van der Waals surface area contributed by atoms with E-state index >= 15 is 0 Å². The summed E-state index contributed by atoms with van der Waals surface area (Å²) in [7, 11) is 0. The molecule has 2 aromatic carbocycles. The largest absolute Gasteiger partial charge is 0.490 e. The summed E-state index contributed by atoms with van der Waals surface area (Å²) in [6.07, 6.45) is 1.02. The average Bonchev–Trinajstić information content (AvgIpc) is 2.44. The van der Waals surface area contributed by atoms with Gasteiger partial charge < -0.3 is 9.47 Å². The minimum atomic E-state index is 0.535. The van der Waals surface area contributed by atoms with Crippen LogP contribution in [0, 0.1) is 0 Å². The Kier molecular flexibility index (Phi) is 5.28. The van der Waals surface area contributed by atoms with Gasteiger partial charge in [0, 0.05) is 4.47 Å². The lowest BCUT2D eigenvalue weighted by atomic mass is 10.2. The highest BCUT2D eigenvalue weighted by Gasteiger charge is 1.97. The lowest BCUT2D eigenvalue weighted by Crippen LogP contribution is -2.09. The van der Waals surface area contributed by atoms with Gasteiger partial charge in [0.25, 0.3) is 0 Å². The zero-order valence-electron chi connectivity index (χ0n) is 10.9. The van der Waals surface area contributed by atoms with Crippen LogP contribution in [0.1, 0.15) is 12.5 Å². The molecule has 0 N–H and O–H groups in total. The first-order valence-electron chi connectivity index (χ1n) is 6.38. The molecule has 0 aromatic heterocycles. The molecule has 0 atom stereocenters. The van der Waals surface area contributed by atoms with Gasteiger partial charge in [0.15, 0.2) is 0 Å². The molecule has 0 aliphatic heterocycles. The zero-order chi connectivity index (χ0) is 13.5. The Morgan fingerprint density at radius 1 is 0.895 bits per heavy atom. The monoisotopic (exact) mass is 320 g/mol. The van der Waals surface area contributed by atoms with Crippen molar-refractivity contribution in [2.45, 2.75) is 13.3 Å². The van der Waals surface area contributed by atoms with E-state index in [1.54, 1.807) is 0 Å². The van der Waals surface area contributed by atoms with Crippen molar-refractivity contribution in [2.24, 2.45) is 0 Å². The van der Waals surface area contributed by atoms with Gasteiger partial charge >= 0.3 is 0 Å². The second-order valence-electron chi connectivity index (χ2n) is 4.16. The molecule has 0 heterocycles. The fourth-order valence-corrected chi connectivity index (χ4v) is 2.11. The SMILES string of the molecule is CCc1cccc(OCCOc2cccc(Br)c2)c1. The first kappa shape index (κ1) is 13.9. The molecule has 2 nitrogen and oxygen atoms in total. The predicted octanol–water partition coefficient (Wildman–Crippen LogP) is 4.47. The van der Waals surface area contributed by atoms with Crippen LogP contribution in [0.3, 0.4) is 0 Å². The third-order valence-electron chi connectivity index (χ3n) is 2.72. The Hall–Kier alpha value is -1.48. The number of hydrogen-bond acceptors (Lipinski definition) is 2. The smallest absolute Gasteiger partial charge is 0.122 e. The Labute approximate surface area is 122 Å². The minimum Gasteiger partial charge on any atom is -0.490 e. The first-order valence-corrected chi connectivity index (χ1v) is 7.17. The standard InChI is InChI=1S/C16H17BrO2/c1-2-13-5-3-7-15(11-13)18-9-10-19-16-8-4-6-14(17)12-16/h3-8,11-12H,2,9-10H2,1H3. The summed E-state index contributed by atoms with van der Waals surface area (Å²) in [5.41, 5.74) is 1.28. The maximum Gasteiger partial charge on any atom is 0.122 e. The molecule has 0 saturated heterocycles. The molecule has 0 spiro atoms. The van der Waals surface area contributed by atoms with Crippen LogP contribution in [0.25, 0.3) is 0 Å². The van der Waals surface area contributed by atoms with Crippen molar-refractivity contribution < 1.29 is 9.47 Å². The molecule has 0 fully saturated rings. The molecule has 0 unspecified atom stereocenters. The number of aryl methyl sites for hydroxylation is 1. The first-order chi connectivity index (χ1) is 9.28. The zero-order valence-corrected chi connectivity index (χ0v) is 12.5. The molecule has 0 bridgehead atoms. The molecule has 100 valence electrons. The summed E-state index contributed by atoms with van der Waals surface area (Å²) >= 11 is 3.41. The van der Waals surface area contributed by atoms with Gasteiger partial charge in [0.05, 0.1) is 0 Å². The quantitative estimate of drug-likeness (QED) is 0.731. The number of hydrogen-bond donors (Lipinski definition) is 0. The van der Waals surface area contributed by atoms with E-state index in [1.807, 2.05) is 36.4 Å². The summed E-state index contributed by atoms with van der Waals surface area (Å²) < 4.78 is 12.3. The highest BCUT2D eigenvalue weighted by atomic mass is 79.9. The van der Waals surface area contributed by atoms with Crippen molar-refractivity contribution in [1.29, 1.82) is 0 Å². The van der Waals surface area contributed by atoms with Crippen molar-refractivity contribution in [2.75, 3.05) is 13.2 Å². The Morgan fingerprint density at radius 2 is 1.53 bits per heavy atom. The number of rotatable bonds is 6. The average molecular weight is 321 g/mol. The highest BCUT2D eigenvalue weighted by Crippen LogP contribution is 2.18. The Balaban J connectivity index is 1.77. The highest BCUT2D eigenvalue weighted by molar-refractivity contribution is 9.10. The van der Waals surface area contributed by atoms with Crippen LogP contribution in [0.4, 0.5) is 0 Å². The van der Waals surface area contributed by atoms with Crippen molar-refractivity contribution in [3.63, 3.8) is 0 Å². The Bertz CT molecular complexity index is 526. The molecule has 19 heavy (non-hydrogen) atoms. The van der Waals surface area contributed by atoms with Crippen LogP contribution in [-0.4, -0.2) is 13.2 Å². The van der Waals surface area contributed by atoms with Gasteiger partial charge in [-0.2, -0.15) is 0 Å². The maximum absolute atomic E-state index is 5.66. The molecular weight excluding hydrogens is 304 g/mol. The number of halogens is 1. The summed E-state index contributed by atoms with van der Waals surface area (Å²) in [4.78, 5) is 0. The van der Waals surface area contributed by atoms with Gasteiger partial charge in [0.2, 0.25) is 0 Å². The van der Waals surface area contributed by atoms with Gasteiger partial charge in [-0.1, -0.05) is 41.1 Å². The lowest BCUT2D eigenvalue weighted by Gasteiger charge is -2.09. The molecule has 0 saturated carbocycles. The fourth-order valence-electron chi connectivity index (χ4n) is 1.73. The van der Waals surface area contributed by atoms with E-state index in [-0.39, 0.29) is 0 Å². The Morgan fingerprint density at radius 3 is 2.16 bits per heavy atom. The van der Waals surface area contributed by atoms with Crippen molar-refractivity contribution >= 4 is 15.9 Å². The van der Waals surface area contributed by atoms with E-state index in [0.29, 0.717) is 13.2 Å². The fraction of sp³-hybridized carbons (Fsp3) is 0.250. The van der Waals surface area contributed by atoms with E-state index in [4.69, 9.17) is 9.47 Å². The van der Waals surface area contributed by atoms with Crippen LogP contribution in [-0.2, 0) is 6.42 Å². The van der Waals surface area contributed by atoms with Crippen molar-refractivity contribution in [3.8, 4) is 11.5 Å². The van der Waals surface area contributed by atoms with E-state index in [0.717, 1.165) is 22.4 Å². The normalized spacial score (nSPS) is 10.2. The van der Waals surface area contributed by atoms with Crippen LogP contribution < -0.4 is 9.47 Å². The van der Waals surface area contributed by atoms with Crippen LogP contribution >= 0.6 is 15.9 Å². The van der Waals surface area contributed by atoms with E-state index in [2.05, 4.69) is 35.0 Å². The third kappa shape index (κ3) is 4.60. The molecule has 0 aliphatic carbocycles. The molecule has 0 amide bonds. The van der Waals surface area contributed by atoms with Crippen LogP contribution in [0.5, 0.6) is 11.5 Å². The second kappa shape index (κ2) is 7.19.